The van der Waals surface area contributed by atoms with Crippen molar-refractivity contribution in [1.82, 2.24) is 0 Å². The standard InChI is InChI=1S/C7H16O3S/c1-3-4-5-6-7-10-11(8)9-2/h3-7H2,1-2H3. The Balaban J connectivity index is 2.95. The molecule has 0 radical (unpaired) electrons. The van der Waals surface area contributed by atoms with E-state index < -0.39 is 11.4 Å². The van der Waals surface area contributed by atoms with E-state index in [4.69, 9.17) is 4.18 Å². The summed E-state index contributed by atoms with van der Waals surface area (Å²) in [6.07, 6.45) is 4.51. The zero-order chi connectivity index (χ0) is 8.53. The van der Waals surface area contributed by atoms with Gasteiger partial charge in [-0.1, -0.05) is 26.2 Å². The molecule has 0 aromatic rings. The highest BCUT2D eigenvalue weighted by Crippen LogP contribution is 1.99. The molecule has 4 heteroatoms. The predicted molar refractivity (Wildman–Crippen MR) is 45.2 cm³/mol. The molecule has 0 aromatic heterocycles. The zero-order valence-corrected chi connectivity index (χ0v) is 7.99. The Kier molecular flexibility index (Phi) is 8.22. The van der Waals surface area contributed by atoms with Crippen molar-refractivity contribution < 1.29 is 12.6 Å². The third-order valence-corrected chi connectivity index (χ3v) is 1.94. The van der Waals surface area contributed by atoms with Gasteiger partial charge in [0.25, 0.3) is 0 Å². The fraction of sp³-hybridized carbons (Fsp3) is 1.00. The van der Waals surface area contributed by atoms with Crippen LogP contribution in [0.4, 0.5) is 0 Å². The van der Waals surface area contributed by atoms with Gasteiger partial charge in [0.1, 0.15) is 0 Å². The van der Waals surface area contributed by atoms with Crippen molar-refractivity contribution in [2.75, 3.05) is 13.7 Å². The predicted octanol–water partition coefficient (Wildman–Crippen LogP) is 1.81. The van der Waals surface area contributed by atoms with Crippen LogP contribution in [0.25, 0.3) is 0 Å². The Morgan fingerprint density at radius 3 is 2.55 bits per heavy atom. The molecule has 0 rings (SSSR count). The van der Waals surface area contributed by atoms with Crippen LogP contribution in [-0.4, -0.2) is 17.9 Å². The molecule has 0 fully saturated rings. The third kappa shape index (κ3) is 7.97. The summed E-state index contributed by atoms with van der Waals surface area (Å²) in [6, 6.07) is 0. The molecule has 0 saturated carbocycles. The molecule has 0 saturated heterocycles. The Morgan fingerprint density at radius 2 is 2.00 bits per heavy atom. The van der Waals surface area contributed by atoms with Gasteiger partial charge in [-0.15, -0.1) is 0 Å². The van der Waals surface area contributed by atoms with Gasteiger partial charge in [-0.2, -0.15) is 4.21 Å². The number of hydrogen-bond donors (Lipinski definition) is 0. The Labute approximate surface area is 70.9 Å². The van der Waals surface area contributed by atoms with Crippen molar-refractivity contribution in [2.24, 2.45) is 0 Å². The van der Waals surface area contributed by atoms with Gasteiger partial charge in [0.05, 0.1) is 13.7 Å². The largest absolute Gasteiger partial charge is 0.304 e. The minimum atomic E-state index is -1.53. The molecule has 0 aliphatic rings. The summed E-state index contributed by atoms with van der Waals surface area (Å²) in [7, 11) is 1.36. The quantitative estimate of drug-likeness (QED) is 0.560. The highest BCUT2D eigenvalue weighted by atomic mass is 32.2. The maximum absolute atomic E-state index is 10.5. The smallest absolute Gasteiger partial charge is 0.272 e. The molecule has 1 unspecified atom stereocenters. The average molecular weight is 180 g/mol. The van der Waals surface area contributed by atoms with E-state index in [1.807, 2.05) is 0 Å². The molecular weight excluding hydrogens is 164 g/mol. The minimum absolute atomic E-state index is 0.528. The van der Waals surface area contributed by atoms with Gasteiger partial charge in [-0.3, -0.25) is 8.37 Å². The molecule has 0 amide bonds. The molecule has 11 heavy (non-hydrogen) atoms. The van der Waals surface area contributed by atoms with E-state index in [1.54, 1.807) is 0 Å². The Bertz CT molecular complexity index is 106. The van der Waals surface area contributed by atoms with Crippen LogP contribution in [0.3, 0.4) is 0 Å². The van der Waals surface area contributed by atoms with Crippen molar-refractivity contribution in [1.29, 1.82) is 0 Å². The highest BCUT2D eigenvalue weighted by Gasteiger charge is 1.95. The fourth-order valence-electron chi connectivity index (χ4n) is 0.704. The van der Waals surface area contributed by atoms with Crippen LogP contribution < -0.4 is 0 Å². The number of rotatable bonds is 7. The van der Waals surface area contributed by atoms with Gasteiger partial charge in [0.2, 0.25) is 0 Å². The Morgan fingerprint density at radius 1 is 1.27 bits per heavy atom. The molecule has 3 nitrogen and oxygen atoms in total. The average Bonchev–Trinajstić information content (AvgIpc) is 2.04. The fourth-order valence-corrected chi connectivity index (χ4v) is 1.05. The molecule has 0 N–H and O–H groups in total. The van der Waals surface area contributed by atoms with Gasteiger partial charge in [0, 0.05) is 0 Å². The third-order valence-electron chi connectivity index (χ3n) is 1.31. The van der Waals surface area contributed by atoms with Gasteiger partial charge in [-0.05, 0) is 6.42 Å². The van der Waals surface area contributed by atoms with Crippen molar-refractivity contribution >= 4 is 11.4 Å². The lowest BCUT2D eigenvalue weighted by Gasteiger charge is -1.99. The van der Waals surface area contributed by atoms with Crippen molar-refractivity contribution in [3.05, 3.63) is 0 Å². The number of hydrogen-bond acceptors (Lipinski definition) is 3. The molecule has 0 spiro atoms. The van der Waals surface area contributed by atoms with Crippen molar-refractivity contribution in [3.8, 4) is 0 Å². The SMILES string of the molecule is CCCCCCOS(=O)OC. The minimum Gasteiger partial charge on any atom is -0.272 e. The van der Waals surface area contributed by atoms with E-state index in [9.17, 15) is 4.21 Å². The van der Waals surface area contributed by atoms with Crippen LogP contribution in [0.15, 0.2) is 0 Å². The van der Waals surface area contributed by atoms with E-state index in [2.05, 4.69) is 11.1 Å². The van der Waals surface area contributed by atoms with E-state index in [0.717, 1.165) is 12.8 Å². The normalized spacial score (nSPS) is 13.3. The first kappa shape index (κ1) is 11.1. The van der Waals surface area contributed by atoms with Crippen molar-refractivity contribution in [3.63, 3.8) is 0 Å². The maximum Gasteiger partial charge on any atom is 0.304 e. The molecule has 0 bridgehead atoms. The highest BCUT2D eigenvalue weighted by molar-refractivity contribution is 7.75. The first-order valence-corrected chi connectivity index (χ1v) is 4.90. The van der Waals surface area contributed by atoms with Crippen LogP contribution in [0.5, 0.6) is 0 Å². The van der Waals surface area contributed by atoms with E-state index in [0.29, 0.717) is 6.61 Å². The maximum atomic E-state index is 10.5. The summed E-state index contributed by atoms with van der Waals surface area (Å²) in [4.78, 5) is 0. The molecule has 0 aliphatic carbocycles. The molecular formula is C7H16O3S. The summed E-state index contributed by atoms with van der Waals surface area (Å²) in [5, 5.41) is 0. The Hall–Kier alpha value is 0.0700. The summed E-state index contributed by atoms with van der Waals surface area (Å²) >= 11 is -1.53. The van der Waals surface area contributed by atoms with Crippen molar-refractivity contribution in [2.45, 2.75) is 32.6 Å². The van der Waals surface area contributed by atoms with Gasteiger partial charge in [-0.25, -0.2) is 0 Å². The number of unbranched alkanes of at least 4 members (excludes halogenated alkanes) is 3. The summed E-state index contributed by atoms with van der Waals surface area (Å²) in [5.74, 6) is 0. The van der Waals surface area contributed by atoms with E-state index >= 15 is 0 Å². The van der Waals surface area contributed by atoms with Gasteiger partial charge >= 0.3 is 11.4 Å². The summed E-state index contributed by atoms with van der Waals surface area (Å²) < 4.78 is 19.7. The molecule has 68 valence electrons. The van der Waals surface area contributed by atoms with Gasteiger partial charge < -0.3 is 0 Å². The summed E-state index contributed by atoms with van der Waals surface area (Å²) in [5.41, 5.74) is 0. The van der Waals surface area contributed by atoms with Crippen LogP contribution in [0.2, 0.25) is 0 Å². The topological polar surface area (TPSA) is 35.5 Å². The van der Waals surface area contributed by atoms with E-state index in [-0.39, 0.29) is 0 Å². The van der Waals surface area contributed by atoms with Crippen LogP contribution in [-0.2, 0) is 19.7 Å². The van der Waals surface area contributed by atoms with Crippen LogP contribution >= 0.6 is 0 Å². The summed E-state index contributed by atoms with van der Waals surface area (Å²) in [6.45, 7) is 2.68. The second-order valence-corrected chi connectivity index (χ2v) is 3.23. The molecule has 0 heterocycles. The lowest BCUT2D eigenvalue weighted by molar-refractivity contribution is 0.275. The zero-order valence-electron chi connectivity index (χ0n) is 7.17. The van der Waals surface area contributed by atoms with Crippen LogP contribution in [0, 0.1) is 0 Å². The lowest BCUT2D eigenvalue weighted by atomic mass is 10.2. The first-order valence-electron chi connectivity index (χ1n) is 3.90. The molecule has 0 aromatic carbocycles. The second kappa shape index (κ2) is 8.17. The van der Waals surface area contributed by atoms with Crippen LogP contribution in [0.1, 0.15) is 32.6 Å². The first-order chi connectivity index (χ1) is 5.31. The molecule has 0 aliphatic heterocycles. The second-order valence-electron chi connectivity index (χ2n) is 2.25. The van der Waals surface area contributed by atoms with E-state index in [1.165, 1.54) is 20.0 Å². The monoisotopic (exact) mass is 180 g/mol. The lowest BCUT2D eigenvalue weighted by Crippen LogP contribution is -2.00. The molecule has 1 atom stereocenters. The van der Waals surface area contributed by atoms with Gasteiger partial charge in [0.15, 0.2) is 0 Å².